The molecule has 0 aliphatic heterocycles. The minimum absolute atomic E-state index is 0.0230. The Kier molecular flexibility index (Phi) is 3.78. The molecule has 0 aromatic carbocycles. The first-order chi connectivity index (χ1) is 7.57. The van der Waals surface area contributed by atoms with Crippen molar-refractivity contribution in [2.45, 2.75) is 54.1 Å². The van der Waals surface area contributed by atoms with Crippen LogP contribution in [0.15, 0.2) is 22.9 Å². The van der Waals surface area contributed by atoms with Gasteiger partial charge >= 0.3 is 0 Å². The maximum absolute atomic E-state index is 10.2. The smallest absolute Gasteiger partial charge is 0.0812 e. The van der Waals surface area contributed by atoms with Crippen molar-refractivity contribution in [3.63, 3.8) is 0 Å². The summed E-state index contributed by atoms with van der Waals surface area (Å²) >= 11 is 0. The molecule has 2 N–H and O–H groups in total. The molecule has 2 heteroatoms. The van der Waals surface area contributed by atoms with Gasteiger partial charge in [-0.15, -0.1) is 0 Å². The zero-order valence-electron chi connectivity index (χ0n) is 12.3. The first-order valence-corrected chi connectivity index (χ1v) is 6.39. The highest BCUT2D eigenvalue weighted by molar-refractivity contribution is 5.40. The molecule has 0 fully saturated rings. The Morgan fingerprint density at radius 3 is 2.00 bits per heavy atom. The molecule has 0 radical (unpaired) electrons. The molecule has 2 nitrogen and oxygen atoms in total. The number of aliphatic hydroxyl groups is 1. The second-order valence-electron chi connectivity index (χ2n) is 6.96. The lowest BCUT2D eigenvalue weighted by Crippen LogP contribution is -2.31. The monoisotopic (exact) mass is 237 g/mol. The molecule has 1 unspecified atom stereocenters. The van der Waals surface area contributed by atoms with E-state index in [4.69, 9.17) is 0 Å². The molecule has 0 heterocycles. The van der Waals surface area contributed by atoms with E-state index in [-0.39, 0.29) is 16.9 Å². The number of hydrogen-bond donors (Lipinski definition) is 2. The molecule has 1 rings (SSSR count). The van der Waals surface area contributed by atoms with E-state index in [1.54, 1.807) is 0 Å². The van der Waals surface area contributed by atoms with Crippen LogP contribution in [0.1, 0.15) is 48.0 Å². The summed E-state index contributed by atoms with van der Waals surface area (Å²) in [5.41, 5.74) is 3.75. The molecule has 1 aliphatic rings. The molecule has 0 saturated carbocycles. The third-order valence-electron chi connectivity index (χ3n) is 3.36. The second-order valence-corrected chi connectivity index (χ2v) is 6.96. The predicted molar refractivity (Wildman–Crippen MR) is 73.7 cm³/mol. The molecule has 0 amide bonds. The van der Waals surface area contributed by atoms with Crippen LogP contribution in [0.3, 0.4) is 0 Å². The summed E-state index contributed by atoms with van der Waals surface area (Å²) in [5.74, 6) is 0. The SMILES string of the molecule is CNC1=C(C(C)(C)C)C=C(C(C)(C)C)C(O)C1. The zero-order chi connectivity index (χ0) is 13.4. The number of aliphatic hydroxyl groups excluding tert-OH is 1. The number of nitrogens with one attached hydrogen (secondary N) is 1. The molecule has 0 bridgehead atoms. The summed E-state index contributed by atoms with van der Waals surface area (Å²) in [6.07, 6.45) is 2.54. The van der Waals surface area contributed by atoms with Crippen LogP contribution in [-0.2, 0) is 0 Å². The summed E-state index contributed by atoms with van der Waals surface area (Å²) in [5, 5.41) is 13.5. The molecule has 1 aliphatic carbocycles. The van der Waals surface area contributed by atoms with Crippen LogP contribution in [0.2, 0.25) is 0 Å². The van der Waals surface area contributed by atoms with Gasteiger partial charge in [-0.1, -0.05) is 47.6 Å². The van der Waals surface area contributed by atoms with Gasteiger partial charge in [0.05, 0.1) is 6.10 Å². The Hall–Kier alpha value is -0.760. The van der Waals surface area contributed by atoms with Crippen molar-refractivity contribution < 1.29 is 5.11 Å². The molecule has 0 spiro atoms. The minimum atomic E-state index is -0.358. The van der Waals surface area contributed by atoms with E-state index in [9.17, 15) is 5.11 Å². The standard InChI is InChI=1S/C15H27NO/c1-14(2,3)10-8-11(15(4,5)6)13(17)9-12(10)16-7/h8,13,16-17H,9H2,1-7H3. The maximum atomic E-state index is 10.2. The van der Waals surface area contributed by atoms with Gasteiger partial charge in [0.25, 0.3) is 0 Å². The number of rotatable bonds is 1. The van der Waals surface area contributed by atoms with Gasteiger partial charge in [0.1, 0.15) is 0 Å². The van der Waals surface area contributed by atoms with Gasteiger partial charge in [-0.25, -0.2) is 0 Å². The highest BCUT2D eigenvalue weighted by Gasteiger charge is 2.32. The lowest BCUT2D eigenvalue weighted by molar-refractivity contribution is 0.179. The summed E-state index contributed by atoms with van der Waals surface area (Å²) < 4.78 is 0. The van der Waals surface area contributed by atoms with E-state index >= 15 is 0 Å². The van der Waals surface area contributed by atoms with Crippen molar-refractivity contribution >= 4 is 0 Å². The Morgan fingerprint density at radius 1 is 1.12 bits per heavy atom. The third kappa shape index (κ3) is 3.12. The second kappa shape index (κ2) is 4.49. The fourth-order valence-corrected chi connectivity index (χ4v) is 2.37. The van der Waals surface area contributed by atoms with Crippen molar-refractivity contribution in [1.29, 1.82) is 0 Å². The van der Waals surface area contributed by atoms with Crippen molar-refractivity contribution in [3.8, 4) is 0 Å². The highest BCUT2D eigenvalue weighted by atomic mass is 16.3. The number of hydrogen-bond acceptors (Lipinski definition) is 2. The molecular weight excluding hydrogens is 210 g/mol. The summed E-state index contributed by atoms with van der Waals surface area (Å²) in [4.78, 5) is 0. The first-order valence-electron chi connectivity index (χ1n) is 6.39. The topological polar surface area (TPSA) is 32.3 Å². The lowest BCUT2D eigenvalue weighted by atomic mass is 9.73. The molecule has 98 valence electrons. The van der Waals surface area contributed by atoms with Gasteiger partial charge in [0.2, 0.25) is 0 Å². The summed E-state index contributed by atoms with van der Waals surface area (Å²) in [6.45, 7) is 13.1. The summed E-state index contributed by atoms with van der Waals surface area (Å²) in [6, 6.07) is 0. The average molecular weight is 237 g/mol. The zero-order valence-corrected chi connectivity index (χ0v) is 12.3. The van der Waals surface area contributed by atoms with Crippen LogP contribution in [0.25, 0.3) is 0 Å². The van der Waals surface area contributed by atoms with Crippen molar-refractivity contribution in [2.75, 3.05) is 7.05 Å². The van der Waals surface area contributed by atoms with Gasteiger partial charge in [-0.3, -0.25) is 0 Å². The molecule has 0 aromatic rings. The first kappa shape index (κ1) is 14.3. The highest BCUT2D eigenvalue weighted by Crippen LogP contribution is 2.40. The van der Waals surface area contributed by atoms with Gasteiger partial charge < -0.3 is 10.4 Å². The summed E-state index contributed by atoms with van der Waals surface area (Å²) in [7, 11) is 1.93. The van der Waals surface area contributed by atoms with E-state index in [2.05, 4.69) is 52.9 Å². The van der Waals surface area contributed by atoms with E-state index < -0.39 is 0 Å². The molecule has 17 heavy (non-hydrogen) atoms. The Morgan fingerprint density at radius 2 is 1.65 bits per heavy atom. The molecular formula is C15H27NO. The Balaban J connectivity index is 3.28. The van der Waals surface area contributed by atoms with Crippen LogP contribution in [-0.4, -0.2) is 18.3 Å². The number of allylic oxidation sites excluding steroid dienone is 2. The Labute approximate surface area is 106 Å². The fourth-order valence-electron chi connectivity index (χ4n) is 2.37. The van der Waals surface area contributed by atoms with E-state index in [1.165, 1.54) is 5.57 Å². The van der Waals surface area contributed by atoms with Crippen molar-refractivity contribution in [2.24, 2.45) is 10.8 Å². The van der Waals surface area contributed by atoms with Crippen LogP contribution in [0.5, 0.6) is 0 Å². The lowest BCUT2D eigenvalue weighted by Gasteiger charge is -2.36. The normalized spacial score (nSPS) is 22.6. The van der Waals surface area contributed by atoms with Gasteiger partial charge in [0.15, 0.2) is 0 Å². The van der Waals surface area contributed by atoms with Crippen LogP contribution >= 0.6 is 0 Å². The van der Waals surface area contributed by atoms with Gasteiger partial charge in [0, 0.05) is 19.2 Å². The van der Waals surface area contributed by atoms with Crippen LogP contribution in [0, 0.1) is 10.8 Å². The molecule has 0 aromatic heterocycles. The maximum Gasteiger partial charge on any atom is 0.0812 e. The minimum Gasteiger partial charge on any atom is -0.391 e. The fraction of sp³-hybridized carbons (Fsp3) is 0.733. The quantitative estimate of drug-likeness (QED) is 0.734. The average Bonchev–Trinajstić information content (AvgIpc) is 2.13. The molecule has 1 atom stereocenters. The third-order valence-corrected chi connectivity index (χ3v) is 3.36. The largest absolute Gasteiger partial charge is 0.391 e. The van der Waals surface area contributed by atoms with Gasteiger partial charge in [-0.2, -0.15) is 0 Å². The van der Waals surface area contributed by atoms with E-state index in [0.29, 0.717) is 6.42 Å². The van der Waals surface area contributed by atoms with Crippen molar-refractivity contribution in [1.82, 2.24) is 5.32 Å². The van der Waals surface area contributed by atoms with Crippen molar-refractivity contribution in [3.05, 3.63) is 22.9 Å². The van der Waals surface area contributed by atoms with Crippen LogP contribution in [0.4, 0.5) is 0 Å². The van der Waals surface area contributed by atoms with Crippen LogP contribution < -0.4 is 5.32 Å². The Bertz CT molecular complexity index is 350. The molecule has 0 saturated heterocycles. The van der Waals surface area contributed by atoms with E-state index in [0.717, 1.165) is 11.3 Å². The van der Waals surface area contributed by atoms with E-state index in [1.807, 2.05) is 7.05 Å². The van der Waals surface area contributed by atoms with Gasteiger partial charge in [-0.05, 0) is 22.0 Å². The predicted octanol–water partition coefficient (Wildman–Crippen LogP) is 3.24.